The van der Waals surface area contributed by atoms with E-state index in [1.54, 1.807) is 24.0 Å². The number of carboxylic acids is 1. The van der Waals surface area contributed by atoms with E-state index < -0.39 is 5.97 Å². The Hall–Kier alpha value is -1.07. The molecule has 1 aromatic heterocycles. The number of hydrogen-bond donors (Lipinski definition) is 1. The first-order valence-electron chi connectivity index (χ1n) is 4.19. The molecule has 4 nitrogen and oxygen atoms in total. The molecular formula is C9H9NO3S. The minimum atomic E-state index is -0.956. The number of nitrogens with zero attached hydrogens (tertiary/aromatic N) is 1. The average Bonchev–Trinajstić information content (AvgIpc) is 2.71. The monoisotopic (exact) mass is 211 g/mol. The van der Waals surface area contributed by atoms with Crippen LogP contribution in [0.2, 0.25) is 0 Å². The van der Waals surface area contributed by atoms with Crippen molar-refractivity contribution in [2.24, 2.45) is 0 Å². The maximum absolute atomic E-state index is 10.7. The Morgan fingerprint density at radius 2 is 2.50 bits per heavy atom. The lowest BCUT2D eigenvalue weighted by Crippen LogP contribution is -2.01. The smallest absolute Gasteiger partial charge is 0.337 e. The molecule has 1 aliphatic rings. The summed E-state index contributed by atoms with van der Waals surface area (Å²) in [6.07, 6.45) is 2.99. The minimum Gasteiger partial charge on any atom is -0.478 e. The fraction of sp³-hybridized carbons (Fsp3) is 0.333. The van der Waals surface area contributed by atoms with Crippen molar-refractivity contribution in [2.45, 2.75) is 5.44 Å². The van der Waals surface area contributed by atoms with Crippen LogP contribution in [0.4, 0.5) is 0 Å². The molecule has 2 heterocycles. The molecule has 0 aliphatic carbocycles. The lowest BCUT2D eigenvalue weighted by atomic mass is 10.2. The number of carboxylic acid groups (broad SMARTS) is 1. The molecule has 0 amide bonds. The first-order chi connectivity index (χ1) is 6.77. The number of pyridine rings is 1. The summed E-state index contributed by atoms with van der Waals surface area (Å²) >= 11 is 1.66. The summed E-state index contributed by atoms with van der Waals surface area (Å²) < 4.78 is 5.40. The van der Waals surface area contributed by atoms with Gasteiger partial charge >= 0.3 is 5.97 Å². The zero-order chi connectivity index (χ0) is 9.97. The maximum Gasteiger partial charge on any atom is 0.337 e. The van der Waals surface area contributed by atoms with E-state index in [0.717, 1.165) is 11.3 Å². The highest BCUT2D eigenvalue weighted by atomic mass is 32.2. The van der Waals surface area contributed by atoms with Gasteiger partial charge in [0.15, 0.2) is 0 Å². The molecule has 1 atom stereocenters. The number of ether oxygens (including phenoxy) is 1. The molecule has 1 saturated heterocycles. The number of aromatic nitrogens is 1. The normalized spacial score (nSPS) is 21.0. The molecule has 0 bridgehead atoms. The predicted molar refractivity (Wildman–Crippen MR) is 52.3 cm³/mol. The molecular weight excluding hydrogens is 202 g/mol. The van der Waals surface area contributed by atoms with Gasteiger partial charge in [-0.15, -0.1) is 11.8 Å². The SMILES string of the molecule is O=C(O)c1cncc(C2OCCS2)c1. The number of thioether (sulfide) groups is 1. The van der Waals surface area contributed by atoms with Crippen LogP contribution in [0.15, 0.2) is 18.5 Å². The van der Waals surface area contributed by atoms with Crippen molar-refractivity contribution >= 4 is 17.7 Å². The molecule has 0 radical (unpaired) electrons. The van der Waals surface area contributed by atoms with Crippen LogP contribution in [-0.2, 0) is 4.74 Å². The molecule has 1 unspecified atom stereocenters. The summed E-state index contributed by atoms with van der Waals surface area (Å²) in [6.45, 7) is 0.715. The third-order valence-electron chi connectivity index (χ3n) is 1.90. The van der Waals surface area contributed by atoms with Crippen molar-refractivity contribution in [1.29, 1.82) is 0 Å². The van der Waals surface area contributed by atoms with Crippen LogP contribution in [0, 0.1) is 0 Å². The fourth-order valence-corrected chi connectivity index (χ4v) is 2.17. The van der Waals surface area contributed by atoms with Gasteiger partial charge in [0.1, 0.15) is 5.44 Å². The largest absolute Gasteiger partial charge is 0.478 e. The first-order valence-corrected chi connectivity index (χ1v) is 5.24. The Labute approximate surface area is 85.3 Å². The maximum atomic E-state index is 10.7. The summed E-state index contributed by atoms with van der Waals surface area (Å²) in [5.74, 6) is -0.00977. The Morgan fingerprint density at radius 3 is 3.14 bits per heavy atom. The standard InChI is InChI=1S/C9H9NO3S/c11-8(12)6-3-7(5-10-4-6)9-13-1-2-14-9/h3-5,9H,1-2H2,(H,11,12). The molecule has 0 spiro atoms. The second-order valence-electron chi connectivity index (χ2n) is 2.89. The molecule has 1 fully saturated rings. The van der Waals surface area contributed by atoms with Crippen LogP contribution in [0.3, 0.4) is 0 Å². The second kappa shape index (κ2) is 3.98. The molecule has 1 aromatic rings. The predicted octanol–water partition coefficient (Wildman–Crippen LogP) is 1.54. The fourth-order valence-electron chi connectivity index (χ4n) is 1.25. The quantitative estimate of drug-likeness (QED) is 0.804. The molecule has 5 heteroatoms. The van der Waals surface area contributed by atoms with Crippen molar-refractivity contribution in [2.75, 3.05) is 12.4 Å². The number of aromatic carboxylic acids is 1. The van der Waals surface area contributed by atoms with E-state index >= 15 is 0 Å². The lowest BCUT2D eigenvalue weighted by molar-refractivity contribution is 0.0696. The summed E-state index contributed by atoms with van der Waals surface area (Å²) in [4.78, 5) is 14.6. The Morgan fingerprint density at radius 1 is 1.64 bits per heavy atom. The zero-order valence-electron chi connectivity index (χ0n) is 7.34. The number of carbonyl (C=O) groups is 1. The van der Waals surface area contributed by atoms with Gasteiger partial charge in [0, 0.05) is 23.7 Å². The molecule has 74 valence electrons. The molecule has 0 aromatic carbocycles. The van der Waals surface area contributed by atoms with Crippen LogP contribution < -0.4 is 0 Å². The van der Waals surface area contributed by atoms with Gasteiger partial charge in [-0.05, 0) is 6.07 Å². The highest BCUT2D eigenvalue weighted by molar-refractivity contribution is 7.99. The van der Waals surface area contributed by atoms with E-state index in [1.165, 1.54) is 6.20 Å². The summed E-state index contributed by atoms with van der Waals surface area (Å²) in [7, 11) is 0. The van der Waals surface area contributed by atoms with E-state index in [-0.39, 0.29) is 11.0 Å². The number of rotatable bonds is 2. The van der Waals surface area contributed by atoms with Gasteiger partial charge in [-0.3, -0.25) is 4.98 Å². The molecule has 0 saturated carbocycles. The Balaban J connectivity index is 2.25. The second-order valence-corrected chi connectivity index (χ2v) is 4.06. The topological polar surface area (TPSA) is 59.4 Å². The van der Waals surface area contributed by atoms with Crippen molar-refractivity contribution in [1.82, 2.24) is 4.98 Å². The Bertz CT molecular complexity index is 350. The van der Waals surface area contributed by atoms with Crippen LogP contribution in [0.1, 0.15) is 21.4 Å². The van der Waals surface area contributed by atoms with Crippen LogP contribution in [0.25, 0.3) is 0 Å². The van der Waals surface area contributed by atoms with E-state index in [4.69, 9.17) is 9.84 Å². The summed E-state index contributed by atoms with van der Waals surface area (Å²) in [5, 5.41) is 8.76. The van der Waals surface area contributed by atoms with Crippen LogP contribution in [-0.4, -0.2) is 28.4 Å². The molecule has 14 heavy (non-hydrogen) atoms. The first kappa shape index (κ1) is 9.48. The zero-order valence-corrected chi connectivity index (χ0v) is 8.16. The minimum absolute atomic E-state index is 0.0539. The van der Waals surface area contributed by atoms with Crippen LogP contribution in [0.5, 0.6) is 0 Å². The van der Waals surface area contributed by atoms with Crippen LogP contribution >= 0.6 is 11.8 Å². The van der Waals surface area contributed by atoms with E-state index in [2.05, 4.69) is 4.98 Å². The average molecular weight is 211 g/mol. The van der Waals surface area contributed by atoms with Gasteiger partial charge < -0.3 is 9.84 Å². The van der Waals surface area contributed by atoms with Crippen molar-refractivity contribution in [3.05, 3.63) is 29.6 Å². The highest BCUT2D eigenvalue weighted by Crippen LogP contribution is 2.34. The van der Waals surface area contributed by atoms with Gasteiger partial charge in [-0.1, -0.05) is 0 Å². The molecule has 2 rings (SSSR count). The highest BCUT2D eigenvalue weighted by Gasteiger charge is 2.19. The van der Waals surface area contributed by atoms with Gasteiger partial charge in [-0.25, -0.2) is 4.79 Å². The summed E-state index contributed by atoms with van der Waals surface area (Å²) in [6, 6.07) is 1.61. The van der Waals surface area contributed by atoms with Gasteiger partial charge in [0.25, 0.3) is 0 Å². The Kier molecular flexibility index (Phi) is 2.69. The molecule has 1 aliphatic heterocycles. The van der Waals surface area contributed by atoms with Gasteiger partial charge in [-0.2, -0.15) is 0 Å². The van der Waals surface area contributed by atoms with Gasteiger partial charge in [0.05, 0.1) is 12.2 Å². The van der Waals surface area contributed by atoms with Gasteiger partial charge in [0.2, 0.25) is 0 Å². The van der Waals surface area contributed by atoms with E-state index in [9.17, 15) is 4.79 Å². The van der Waals surface area contributed by atoms with E-state index in [0.29, 0.717) is 6.61 Å². The van der Waals surface area contributed by atoms with Crippen molar-refractivity contribution in [3.63, 3.8) is 0 Å². The third-order valence-corrected chi connectivity index (χ3v) is 3.01. The van der Waals surface area contributed by atoms with E-state index in [1.807, 2.05) is 0 Å². The van der Waals surface area contributed by atoms with Crippen molar-refractivity contribution < 1.29 is 14.6 Å². The lowest BCUT2D eigenvalue weighted by Gasteiger charge is -2.08. The van der Waals surface area contributed by atoms with Crippen molar-refractivity contribution in [3.8, 4) is 0 Å². The third kappa shape index (κ3) is 1.88. The summed E-state index contributed by atoms with van der Waals surface area (Å²) in [5.41, 5.74) is 0.979. The number of hydrogen-bond acceptors (Lipinski definition) is 4. The molecule has 1 N–H and O–H groups in total.